The van der Waals surface area contributed by atoms with Gasteiger partial charge in [-0.3, -0.25) is 4.79 Å². The van der Waals surface area contributed by atoms with E-state index in [-0.39, 0.29) is 18.5 Å². The summed E-state index contributed by atoms with van der Waals surface area (Å²) in [7, 11) is 1.80. The molecule has 0 bridgehead atoms. The maximum absolute atomic E-state index is 12.5. The first kappa shape index (κ1) is 15.6. The summed E-state index contributed by atoms with van der Waals surface area (Å²) in [6.07, 6.45) is 0. The van der Waals surface area contributed by atoms with Gasteiger partial charge in [0.1, 0.15) is 17.6 Å². The molecule has 0 aliphatic rings. The second kappa shape index (κ2) is 6.08. The van der Waals surface area contributed by atoms with E-state index in [1.165, 1.54) is 4.80 Å². The first-order valence-electron chi connectivity index (χ1n) is 7.45. The van der Waals surface area contributed by atoms with Gasteiger partial charge in [0.15, 0.2) is 0 Å². The number of aryl methyl sites for hydroxylation is 2. The van der Waals surface area contributed by atoms with Crippen LogP contribution in [-0.4, -0.2) is 37.8 Å². The van der Waals surface area contributed by atoms with E-state index >= 15 is 0 Å². The van der Waals surface area contributed by atoms with Crippen LogP contribution in [0.25, 0.3) is 11.0 Å². The number of likely N-dealkylation sites (N-methyl/N-ethyl adjacent to an activating group) is 1. The summed E-state index contributed by atoms with van der Waals surface area (Å²) in [4.78, 5) is 21.4. The number of rotatable bonds is 4. The lowest BCUT2D eigenvalue weighted by molar-refractivity contribution is -0.132. The number of thiazole rings is 1. The molecule has 0 unspecified atom stereocenters. The number of benzene rings is 1. The van der Waals surface area contributed by atoms with Crippen molar-refractivity contribution in [3.05, 3.63) is 39.8 Å². The third kappa shape index (κ3) is 3.10. The number of nitrogens with zero attached hydrogens (tertiary/aromatic N) is 5. The predicted octanol–water partition coefficient (Wildman–Crippen LogP) is 2.72. The smallest absolute Gasteiger partial charge is 0.246 e. The van der Waals surface area contributed by atoms with Gasteiger partial charge in [-0.1, -0.05) is 12.1 Å². The van der Waals surface area contributed by atoms with E-state index < -0.39 is 0 Å². The lowest BCUT2D eigenvalue weighted by Crippen LogP contribution is -2.33. The van der Waals surface area contributed by atoms with Crippen LogP contribution in [0.4, 0.5) is 0 Å². The van der Waals surface area contributed by atoms with Gasteiger partial charge in [0.05, 0.1) is 16.7 Å². The highest BCUT2D eigenvalue weighted by Gasteiger charge is 2.22. The van der Waals surface area contributed by atoms with E-state index in [1.54, 1.807) is 23.3 Å². The second-order valence-corrected chi connectivity index (χ2v) is 6.98. The third-order valence-corrected chi connectivity index (χ3v) is 4.82. The van der Waals surface area contributed by atoms with Crippen molar-refractivity contribution in [2.45, 2.75) is 33.4 Å². The number of carbonyl (C=O) groups excluding carboxylic acids is 1. The topological polar surface area (TPSA) is 63.9 Å². The van der Waals surface area contributed by atoms with Crippen molar-refractivity contribution in [1.82, 2.24) is 24.9 Å². The maximum Gasteiger partial charge on any atom is 0.246 e. The highest BCUT2D eigenvalue weighted by molar-refractivity contribution is 7.11. The molecule has 0 fully saturated rings. The van der Waals surface area contributed by atoms with Crippen LogP contribution in [0.3, 0.4) is 0 Å². The largest absolute Gasteiger partial charge is 0.336 e. The zero-order chi connectivity index (χ0) is 16.6. The minimum atomic E-state index is -0.0718. The normalized spacial score (nSPS) is 12.5. The van der Waals surface area contributed by atoms with Crippen LogP contribution >= 0.6 is 11.3 Å². The monoisotopic (exact) mass is 329 g/mol. The highest BCUT2D eigenvalue weighted by atomic mass is 32.1. The summed E-state index contributed by atoms with van der Waals surface area (Å²) in [6, 6.07) is 7.52. The summed E-state index contributed by atoms with van der Waals surface area (Å²) in [5.41, 5.74) is 2.55. The van der Waals surface area contributed by atoms with Gasteiger partial charge < -0.3 is 4.90 Å². The first-order valence-corrected chi connectivity index (χ1v) is 8.27. The van der Waals surface area contributed by atoms with Gasteiger partial charge >= 0.3 is 0 Å². The van der Waals surface area contributed by atoms with Gasteiger partial charge in [0, 0.05) is 11.9 Å². The SMILES string of the molecule is Cc1nc([C@@H](C)N(C)C(=O)Cn2nc3ccccc3n2)c(C)s1. The van der Waals surface area contributed by atoms with Crippen LogP contribution in [0.1, 0.15) is 28.5 Å². The number of hydrogen-bond donors (Lipinski definition) is 0. The lowest BCUT2D eigenvalue weighted by Gasteiger charge is -2.24. The molecule has 0 aliphatic heterocycles. The van der Waals surface area contributed by atoms with Gasteiger partial charge in [-0.25, -0.2) is 4.98 Å². The lowest BCUT2D eigenvalue weighted by atomic mass is 10.2. The molecule has 3 aromatic rings. The Kier molecular flexibility index (Phi) is 4.12. The third-order valence-electron chi connectivity index (χ3n) is 3.91. The standard InChI is InChI=1S/C16H19N5OS/c1-10(16-11(2)23-12(3)17-16)20(4)15(22)9-21-18-13-7-5-6-8-14(13)19-21/h5-8,10H,9H2,1-4H3/t10-/m1/s1. The molecular weight excluding hydrogens is 310 g/mol. The fourth-order valence-corrected chi connectivity index (χ4v) is 3.45. The van der Waals surface area contributed by atoms with Gasteiger partial charge in [0.2, 0.25) is 5.91 Å². The van der Waals surface area contributed by atoms with Crippen LogP contribution in [-0.2, 0) is 11.3 Å². The Morgan fingerprint density at radius 2 is 1.87 bits per heavy atom. The van der Waals surface area contributed by atoms with Crippen molar-refractivity contribution < 1.29 is 4.79 Å². The quantitative estimate of drug-likeness (QED) is 0.738. The van der Waals surface area contributed by atoms with Crippen molar-refractivity contribution in [3.8, 4) is 0 Å². The van der Waals surface area contributed by atoms with E-state index in [0.717, 1.165) is 26.6 Å². The van der Waals surface area contributed by atoms with Gasteiger partial charge in [-0.05, 0) is 32.9 Å². The molecule has 7 heteroatoms. The fourth-order valence-electron chi connectivity index (χ4n) is 2.54. The molecule has 0 N–H and O–H groups in total. The Morgan fingerprint density at radius 1 is 1.26 bits per heavy atom. The van der Waals surface area contributed by atoms with Crippen molar-refractivity contribution in [1.29, 1.82) is 0 Å². The van der Waals surface area contributed by atoms with Crippen molar-refractivity contribution in [2.75, 3.05) is 7.05 Å². The molecule has 6 nitrogen and oxygen atoms in total. The number of amides is 1. The molecule has 0 saturated carbocycles. The van der Waals surface area contributed by atoms with Gasteiger partial charge in [0.25, 0.3) is 0 Å². The number of aromatic nitrogens is 4. The molecule has 1 aromatic carbocycles. The first-order chi connectivity index (χ1) is 11.0. The minimum absolute atomic E-state index is 0.0390. The van der Waals surface area contributed by atoms with E-state index in [2.05, 4.69) is 15.2 Å². The summed E-state index contributed by atoms with van der Waals surface area (Å²) in [5, 5.41) is 9.69. The zero-order valence-corrected chi connectivity index (χ0v) is 14.5. The number of hydrogen-bond acceptors (Lipinski definition) is 5. The predicted molar refractivity (Wildman–Crippen MR) is 90.3 cm³/mol. The Morgan fingerprint density at radius 3 is 2.39 bits per heavy atom. The molecule has 2 aromatic heterocycles. The molecule has 3 rings (SSSR count). The van der Waals surface area contributed by atoms with E-state index in [1.807, 2.05) is 45.0 Å². The Labute approximate surface area is 138 Å². The molecule has 2 heterocycles. The van der Waals surface area contributed by atoms with Crippen molar-refractivity contribution in [2.24, 2.45) is 0 Å². The molecule has 120 valence electrons. The van der Waals surface area contributed by atoms with Crippen LogP contribution < -0.4 is 0 Å². The fraction of sp³-hybridized carbons (Fsp3) is 0.375. The van der Waals surface area contributed by atoms with E-state index in [0.29, 0.717) is 0 Å². The molecular formula is C16H19N5OS. The second-order valence-electron chi connectivity index (χ2n) is 5.57. The molecule has 0 spiro atoms. The number of carbonyl (C=O) groups is 1. The molecule has 0 aliphatic carbocycles. The highest BCUT2D eigenvalue weighted by Crippen LogP contribution is 2.26. The molecule has 0 radical (unpaired) electrons. The summed E-state index contributed by atoms with van der Waals surface area (Å²) in [6.45, 7) is 6.13. The molecule has 1 amide bonds. The average Bonchev–Trinajstić information content (AvgIpc) is 3.07. The van der Waals surface area contributed by atoms with Crippen LogP contribution in [0.5, 0.6) is 0 Å². The summed E-state index contributed by atoms with van der Waals surface area (Å²) in [5.74, 6) is -0.0390. The van der Waals surface area contributed by atoms with E-state index in [9.17, 15) is 4.79 Å². The summed E-state index contributed by atoms with van der Waals surface area (Å²) >= 11 is 1.65. The van der Waals surface area contributed by atoms with Gasteiger partial charge in [-0.2, -0.15) is 15.0 Å². The Bertz CT molecular complexity index is 820. The summed E-state index contributed by atoms with van der Waals surface area (Å²) < 4.78 is 0. The average molecular weight is 329 g/mol. The van der Waals surface area contributed by atoms with Crippen molar-refractivity contribution in [3.63, 3.8) is 0 Å². The maximum atomic E-state index is 12.5. The van der Waals surface area contributed by atoms with Gasteiger partial charge in [-0.15, -0.1) is 11.3 Å². The molecule has 23 heavy (non-hydrogen) atoms. The Balaban J connectivity index is 1.75. The van der Waals surface area contributed by atoms with E-state index in [4.69, 9.17) is 0 Å². The van der Waals surface area contributed by atoms with Crippen LogP contribution in [0, 0.1) is 13.8 Å². The number of fused-ring (bicyclic) bond motifs is 1. The minimum Gasteiger partial charge on any atom is -0.336 e. The van der Waals surface area contributed by atoms with Crippen LogP contribution in [0.2, 0.25) is 0 Å². The Hall–Kier alpha value is -2.28. The van der Waals surface area contributed by atoms with Crippen molar-refractivity contribution >= 4 is 28.3 Å². The van der Waals surface area contributed by atoms with Crippen LogP contribution in [0.15, 0.2) is 24.3 Å². The zero-order valence-electron chi connectivity index (χ0n) is 13.6. The molecule has 0 saturated heterocycles. The molecule has 1 atom stereocenters.